The molecule has 110 valence electrons. The maximum Gasteiger partial charge on any atom is 0.433 e. The largest absolute Gasteiger partial charge is 0.433 e. The van der Waals surface area contributed by atoms with Crippen molar-refractivity contribution in [2.45, 2.75) is 20.4 Å². The Morgan fingerprint density at radius 3 is 2.95 bits per heavy atom. The zero-order valence-corrected chi connectivity index (χ0v) is 11.4. The molecule has 0 spiro atoms. The van der Waals surface area contributed by atoms with Crippen molar-refractivity contribution in [3.05, 3.63) is 34.0 Å². The van der Waals surface area contributed by atoms with E-state index in [-0.39, 0.29) is 17.6 Å². The second kappa shape index (κ2) is 5.99. The molecule has 0 aliphatic rings. The van der Waals surface area contributed by atoms with E-state index in [2.05, 4.69) is 15.6 Å². The molecule has 0 radical (unpaired) electrons. The van der Waals surface area contributed by atoms with Crippen LogP contribution >= 0.6 is 0 Å². The molecule has 2 aromatic rings. The Balaban J connectivity index is 2.36. The van der Waals surface area contributed by atoms with E-state index in [1.54, 1.807) is 10.9 Å². The van der Waals surface area contributed by atoms with Crippen molar-refractivity contribution in [3.63, 3.8) is 0 Å². The second-order valence-electron chi connectivity index (χ2n) is 4.11. The van der Waals surface area contributed by atoms with Crippen LogP contribution in [-0.2, 0) is 11.3 Å². The summed E-state index contributed by atoms with van der Waals surface area (Å²) in [6.07, 6.45) is 3.11. The number of aryl methyl sites for hydroxylation is 1. The molecule has 1 N–H and O–H groups in total. The van der Waals surface area contributed by atoms with Crippen LogP contribution in [0.4, 0.5) is 5.88 Å². The molecule has 0 atom stereocenters. The van der Waals surface area contributed by atoms with Crippen LogP contribution < -0.4 is 5.43 Å². The van der Waals surface area contributed by atoms with E-state index in [0.717, 1.165) is 0 Å². The molecule has 2 rings (SSSR count). The van der Waals surface area contributed by atoms with E-state index in [0.29, 0.717) is 17.8 Å². The fourth-order valence-electron chi connectivity index (χ4n) is 1.63. The molecule has 0 saturated carbocycles. The third kappa shape index (κ3) is 3.32. The van der Waals surface area contributed by atoms with Gasteiger partial charge < -0.3 is 4.42 Å². The van der Waals surface area contributed by atoms with Crippen LogP contribution in [0.25, 0.3) is 11.5 Å². The molecular formula is C12H13N5O4. The Labute approximate surface area is 119 Å². The lowest BCUT2D eigenvalue weighted by molar-refractivity contribution is -0.401. The highest BCUT2D eigenvalue weighted by Crippen LogP contribution is 2.26. The molecule has 0 saturated heterocycles. The van der Waals surface area contributed by atoms with E-state index in [1.807, 2.05) is 6.92 Å². The van der Waals surface area contributed by atoms with Gasteiger partial charge in [-0.1, -0.05) is 0 Å². The summed E-state index contributed by atoms with van der Waals surface area (Å²) in [6, 6.07) is 2.73. The van der Waals surface area contributed by atoms with Crippen LogP contribution in [0.3, 0.4) is 0 Å². The van der Waals surface area contributed by atoms with Crippen molar-refractivity contribution in [1.82, 2.24) is 15.2 Å². The van der Waals surface area contributed by atoms with Crippen LogP contribution in [0, 0.1) is 10.1 Å². The van der Waals surface area contributed by atoms with Gasteiger partial charge in [0.05, 0.1) is 12.3 Å². The van der Waals surface area contributed by atoms with E-state index in [4.69, 9.17) is 4.42 Å². The Hall–Kier alpha value is -2.97. The summed E-state index contributed by atoms with van der Waals surface area (Å²) in [5, 5.41) is 18.7. The topological polar surface area (TPSA) is 116 Å². The van der Waals surface area contributed by atoms with Gasteiger partial charge >= 0.3 is 5.88 Å². The standard InChI is InChI=1S/C12H13N5O4/c1-3-16-7-9(6-13-14-8(2)18)12(15-16)10-4-5-11(21-10)17(19)20/h4-7H,3H2,1-2H3,(H,14,18). The predicted octanol–water partition coefficient (Wildman–Crippen LogP) is 1.54. The van der Waals surface area contributed by atoms with Crippen LogP contribution in [0.5, 0.6) is 0 Å². The van der Waals surface area contributed by atoms with Gasteiger partial charge in [-0.3, -0.25) is 19.6 Å². The number of nitrogens with zero attached hydrogens (tertiary/aromatic N) is 4. The number of hydrazone groups is 1. The van der Waals surface area contributed by atoms with Gasteiger partial charge in [-0.15, -0.1) is 0 Å². The highest BCUT2D eigenvalue weighted by atomic mass is 16.6. The van der Waals surface area contributed by atoms with Crippen molar-refractivity contribution >= 4 is 18.0 Å². The van der Waals surface area contributed by atoms with Crippen LogP contribution in [-0.4, -0.2) is 26.8 Å². The number of nitro groups is 1. The number of aromatic nitrogens is 2. The van der Waals surface area contributed by atoms with Gasteiger partial charge in [-0.2, -0.15) is 10.2 Å². The van der Waals surface area contributed by atoms with Gasteiger partial charge in [-0.25, -0.2) is 5.43 Å². The van der Waals surface area contributed by atoms with Crippen LogP contribution in [0.2, 0.25) is 0 Å². The Morgan fingerprint density at radius 2 is 2.38 bits per heavy atom. The Morgan fingerprint density at radius 1 is 1.62 bits per heavy atom. The maximum atomic E-state index is 10.8. The lowest BCUT2D eigenvalue weighted by Crippen LogP contribution is -2.12. The number of hydrogen-bond donors (Lipinski definition) is 1. The fraction of sp³-hybridized carbons (Fsp3) is 0.250. The van der Waals surface area contributed by atoms with Gasteiger partial charge in [0.25, 0.3) is 0 Å². The Bertz CT molecular complexity index is 700. The highest BCUT2D eigenvalue weighted by Gasteiger charge is 2.18. The molecule has 21 heavy (non-hydrogen) atoms. The first-order valence-corrected chi connectivity index (χ1v) is 6.13. The summed E-state index contributed by atoms with van der Waals surface area (Å²) in [5.74, 6) is -0.400. The van der Waals surface area contributed by atoms with Crippen molar-refractivity contribution in [2.75, 3.05) is 0 Å². The second-order valence-corrected chi connectivity index (χ2v) is 4.11. The SMILES string of the molecule is CCn1cc(C=NNC(C)=O)c(-c2ccc([N+](=O)[O-])o2)n1. The monoisotopic (exact) mass is 291 g/mol. The molecule has 1 amide bonds. The minimum absolute atomic E-state index is 0.262. The highest BCUT2D eigenvalue weighted by molar-refractivity contribution is 5.88. The third-order valence-corrected chi connectivity index (χ3v) is 2.54. The molecule has 0 bridgehead atoms. The van der Waals surface area contributed by atoms with Crippen molar-refractivity contribution in [1.29, 1.82) is 0 Å². The van der Waals surface area contributed by atoms with Gasteiger partial charge in [0.15, 0.2) is 5.76 Å². The Kier molecular flexibility index (Phi) is 4.12. The van der Waals surface area contributed by atoms with Crippen LogP contribution in [0.15, 0.2) is 27.8 Å². The molecule has 2 aromatic heterocycles. The molecule has 0 aromatic carbocycles. The van der Waals surface area contributed by atoms with E-state index < -0.39 is 4.92 Å². The average molecular weight is 291 g/mol. The van der Waals surface area contributed by atoms with Crippen molar-refractivity contribution in [2.24, 2.45) is 5.10 Å². The first kappa shape index (κ1) is 14.4. The zero-order valence-electron chi connectivity index (χ0n) is 11.4. The first-order valence-electron chi connectivity index (χ1n) is 6.13. The van der Waals surface area contributed by atoms with Crippen molar-refractivity contribution < 1.29 is 14.1 Å². The summed E-state index contributed by atoms with van der Waals surface area (Å²) in [4.78, 5) is 20.8. The zero-order chi connectivity index (χ0) is 15.4. The number of amides is 1. The number of furan rings is 1. The minimum Gasteiger partial charge on any atom is -0.399 e. The fourth-order valence-corrected chi connectivity index (χ4v) is 1.63. The molecule has 0 fully saturated rings. The summed E-state index contributed by atoms with van der Waals surface area (Å²) >= 11 is 0. The van der Waals surface area contributed by atoms with Gasteiger partial charge in [0.2, 0.25) is 5.91 Å². The quantitative estimate of drug-likeness (QED) is 0.509. The molecule has 9 nitrogen and oxygen atoms in total. The summed E-state index contributed by atoms with van der Waals surface area (Å²) in [7, 11) is 0. The average Bonchev–Trinajstić information content (AvgIpc) is 3.03. The van der Waals surface area contributed by atoms with Gasteiger partial charge in [-0.05, 0) is 13.0 Å². The summed E-state index contributed by atoms with van der Waals surface area (Å²) < 4.78 is 6.77. The molecule has 0 aliphatic carbocycles. The molecular weight excluding hydrogens is 278 g/mol. The number of hydrogen-bond acceptors (Lipinski definition) is 6. The van der Waals surface area contributed by atoms with E-state index in [1.165, 1.54) is 25.3 Å². The molecule has 0 aliphatic heterocycles. The smallest absolute Gasteiger partial charge is 0.399 e. The number of carbonyl (C=O) groups is 1. The summed E-state index contributed by atoms with van der Waals surface area (Å²) in [6.45, 7) is 3.85. The number of nitrogens with one attached hydrogen (secondary N) is 1. The lowest BCUT2D eigenvalue weighted by atomic mass is 10.2. The predicted molar refractivity (Wildman–Crippen MR) is 73.7 cm³/mol. The van der Waals surface area contributed by atoms with Gasteiger partial charge in [0, 0.05) is 25.2 Å². The minimum atomic E-state index is -0.620. The summed E-state index contributed by atoms with van der Waals surface area (Å²) in [5.41, 5.74) is 3.27. The molecule has 0 unspecified atom stereocenters. The van der Waals surface area contributed by atoms with Gasteiger partial charge in [0.1, 0.15) is 10.6 Å². The normalized spacial score (nSPS) is 11.0. The first-order chi connectivity index (χ1) is 10.0. The van der Waals surface area contributed by atoms with Crippen LogP contribution in [0.1, 0.15) is 19.4 Å². The number of rotatable bonds is 5. The van der Waals surface area contributed by atoms with E-state index >= 15 is 0 Å². The molecule has 9 heteroatoms. The lowest BCUT2D eigenvalue weighted by Gasteiger charge is -1.93. The van der Waals surface area contributed by atoms with E-state index in [9.17, 15) is 14.9 Å². The third-order valence-electron chi connectivity index (χ3n) is 2.54. The van der Waals surface area contributed by atoms with Crippen molar-refractivity contribution in [3.8, 4) is 11.5 Å². The number of carbonyl (C=O) groups excluding carboxylic acids is 1. The maximum absolute atomic E-state index is 10.8. The molecule has 2 heterocycles.